The SMILES string of the molecule is CCCCCNS(=O)(=O)c1cc(C(=O)O)ccc1NCCc1ccc(OC)c(OC)c1. The summed E-state index contributed by atoms with van der Waals surface area (Å²) in [5, 5.41) is 12.4. The van der Waals surface area contributed by atoms with Gasteiger partial charge in [-0.1, -0.05) is 25.8 Å². The van der Waals surface area contributed by atoms with Gasteiger partial charge in [-0.25, -0.2) is 17.9 Å². The number of carboxylic acid groups (broad SMARTS) is 1. The van der Waals surface area contributed by atoms with Crippen LogP contribution in [-0.4, -0.2) is 46.8 Å². The van der Waals surface area contributed by atoms with Crippen molar-refractivity contribution in [1.82, 2.24) is 4.72 Å². The quantitative estimate of drug-likeness (QED) is 0.400. The van der Waals surface area contributed by atoms with Crippen LogP contribution in [0.2, 0.25) is 0 Å². The van der Waals surface area contributed by atoms with E-state index in [2.05, 4.69) is 10.0 Å². The molecule has 0 aliphatic rings. The van der Waals surface area contributed by atoms with Gasteiger partial charge < -0.3 is 19.9 Å². The van der Waals surface area contributed by atoms with E-state index in [-0.39, 0.29) is 10.5 Å². The topological polar surface area (TPSA) is 114 Å². The molecule has 0 aliphatic heterocycles. The molecule has 0 bridgehead atoms. The Balaban J connectivity index is 2.17. The third-order valence-corrected chi connectivity index (χ3v) is 6.27. The number of sulfonamides is 1. The first kappa shape index (κ1) is 24.5. The van der Waals surface area contributed by atoms with E-state index >= 15 is 0 Å². The standard InChI is InChI=1S/C22H30N2O6S/c1-4-5-6-12-24-31(27,28)21-15-17(22(25)26)8-9-18(21)23-13-11-16-7-10-19(29-2)20(14-16)30-3/h7-10,14-15,23-24H,4-6,11-13H2,1-3H3,(H,25,26). The molecule has 0 saturated heterocycles. The number of unbranched alkanes of at least 4 members (excludes halogenated alkanes) is 2. The minimum atomic E-state index is -3.85. The third-order valence-electron chi connectivity index (χ3n) is 4.77. The Kier molecular flexibility index (Phi) is 9.14. The summed E-state index contributed by atoms with van der Waals surface area (Å²) in [6, 6.07) is 9.63. The second-order valence-electron chi connectivity index (χ2n) is 6.99. The fraction of sp³-hybridized carbons (Fsp3) is 0.409. The molecular formula is C22H30N2O6S. The fourth-order valence-electron chi connectivity index (χ4n) is 3.06. The van der Waals surface area contributed by atoms with Gasteiger partial charge in [0.15, 0.2) is 11.5 Å². The first-order valence-corrected chi connectivity index (χ1v) is 11.6. The predicted octanol–water partition coefficient (Wildman–Crippen LogP) is 3.53. The van der Waals surface area contributed by atoms with Crippen molar-refractivity contribution in [2.24, 2.45) is 0 Å². The van der Waals surface area contributed by atoms with Crippen LogP contribution in [-0.2, 0) is 16.4 Å². The molecule has 2 aromatic carbocycles. The highest BCUT2D eigenvalue weighted by Crippen LogP contribution is 2.28. The zero-order valence-electron chi connectivity index (χ0n) is 18.1. The second kappa shape index (κ2) is 11.6. The van der Waals surface area contributed by atoms with Gasteiger partial charge in [-0.05, 0) is 48.7 Å². The maximum atomic E-state index is 12.8. The average Bonchev–Trinajstić information content (AvgIpc) is 2.76. The highest BCUT2D eigenvalue weighted by molar-refractivity contribution is 7.89. The molecule has 9 heteroatoms. The van der Waals surface area contributed by atoms with Gasteiger partial charge in [-0.15, -0.1) is 0 Å². The summed E-state index contributed by atoms with van der Waals surface area (Å²) in [5.41, 5.74) is 1.25. The molecule has 0 radical (unpaired) electrons. The van der Waals surface area contributed by atoms with Gasteiger partial charge in [0, 0.05) is 13.1 Å². The smallest absolute Gasteiger partial charge is 0.335 e. The van der Waals surface area contributed by atoms with E-state index in [0.717, 1.165) is 24.8 Å². The van der Waals surface area contributed by atoms with Gasteiger partial charge in [0.25, 0.3) is 0 Å². The number of carbonyl (C=O) groups is 1. The van der Waals surface area contributed by atoms with Gasteiger partial charge in [-0.2, -0.15) is 0 Å². The molecule has 0 fully saturated rings. The van der Waals surface area contributed by atoms with E-state index in [4.69, 9.17) is 9.47 Å². The fourth-order valence-corrected chi connectivity index (χ4v) is 4.34. The summed E-state index contributed by atoms with van der Waals surface area (Å²) in [4.78, 5) is 11.3. The first-order valence-electron chi connectivity index (χ1n) is 10.1. The lowest BCUT2D eigenvalue weighted by atomic mass is 10.1. The van der Waals surface area contributed by atoms with Crippen molar-refractivity contribution in [1.29, 1.82) is 0 Å². The van der Waals surface area contributed by atoms with Crippen LogP contribution in [0.4, 0.5) is 5.69 Å². The van der Waals surface area contributed by atoms with E-state index in [9.17, 15) is 18.3 Å². The molecule has 31 heavy (non-hydrogen) atoms. The van der Waals surface area contributed by atoms with Gasteiger partial charge >= 0.3 is 5.97 Å². The first-order chi connectivity index (χ1) is 14.8. The monoisotopic (exact) mass is 450 g/mol. The molecule has 0 amide bonds. The Morgan fingerprint density at radius 2 is 1.74 bits per heavy atom. The Morgan fingerprint density at radius 3 is 2.39 bits per heavy atom. The summed E-state index contributed by atoms with van der Waals surface area (Å²) >= 11 is 0. The Bertz CT molecular complexity index is 991. The molecular weight excluding hydrogens is 420 g/mol. The van der Waals surface area contributed by atoms with Crippen LogP contribution < -0.4 is 19.5 Å². The highest BCUT2D eigenvalue weighted by Gasteiger charge is 2.20. The van der Waals surface area contributed by atoms with Gasteiger partial charge in [-0.3, -0.25) is 0 Å². The molecule has 0 aliphatic carbocycles. The molecule has 0 saturated carbocycles. The number of carboxylic acids is 1. The van der Waals surface area contributed by atoms with Gasteiger partial charge in [0.2, 0.25) is 10.0 Å². The zero-order valence-corrected chi connectivity index (χ0v) is 18.9. The molecule has 0 unspecified atom stereocenters. The lowest BCUT2D eigenvalue weighted by molar-refractivity contribution is 0.0696. The van der Waals surface area contributed by atoms with Crippen molar-refractivity contribution in [3.8, 4) is 11.5 Å². The zero-order chi connectivity index (χ0) is 22.9. The van der Waals surface area contributed by atoms with E-state index < -0.39 is 16.0 Å². The number of benzene rings is 2. The van der Waals surface area contributed by atoms with E-state index in [1.807, 2.05) is 25.1 Å². The van der Waals surface area contributed by atoms with Crippen LogP contribution >= 0.6 is 0 Å². The van der Waals surface area contributed by atoms with Crippen molar-refractivity contribution in [3.63, 3.8) is 0 Å². The number of rotatable bonds is 13. The number of nitrogens with one attached hydrogen (secondary N) is 2. The van der Waals surface area contributed by atoms with E-state index in [0.29, 0.717) is 36.7 Å². The van der Waals surface area contributed by atoms with Crippen LogP contribution in [0.25, 0.3) is 0 Å². The Morgan fingerprint density at radius 1 is 1.00 bits per heavy atom. The largest absolute Gasteiger partial charge is 0.493 e. The van der Waals surface area contributed by atoms with Crippen LogP contribution in [0.15, 0.2) is 41.3 Å². The summed E-state index contributed by atoms with van der Waals surface area (Å²) in [5.74, 6) is 0.0654. The van der Waals surface area contributed by atoms with Crippen LogP contribution in [0, 0.1) is 0 Å². The van der Waals surface area contributed by atoms with Crippen molar-refractivity contribution in [2.75, 3.05) is 32.6 Å². The summed E-state index contributed by atoms with van der Waals surface area (Å²) in [6.07, 6.45) is 3.20. The predicted molar refractivity (Wildman–Crippen MR) is 120 cm³/mol. The molecule has 0 spiro atoms. The number of hydrogen-bond acceptors (Lipinski definition) is 6. The lowest BCUT2D eigenvalue weighted by Gasteiger charge is -2.15. The maximum absolute atomic E-state index is 12.8. The van der Waals surface area contributed by atoms with Crippen LogP contribution in [0.3, 0.4) is 0 Å². The van der Waals surface area contributed by atoms with Crippen LogP contribution in [0.5, 0.6) is 11.5 Å². The number of methoxy groups -OCH3 is 2. The average molecular weight is 451 g/mol. The van der Waals surface area contributed by atoms with E-state index in [1.54, 1.807) is 14.2 Å². The third kappa shape index (κ3) is 6.86. The number of aromatic carboxylic acids is 1. The molecule has 170 valence electrons. The minimum absolute atomic E-state index is 0.0730. The molecule has 8 nitrogen and oxygen atoms in total. The molecule has 3 N–H and O–H groups in total. The number of ether oxygens (including phenoxy) is 2. The Labute approximate surface area is 183 Å². The van der Waals surface area contributed by atoms with Crippen molar-refractivity contribution in [2.45, 2.75) is 37.5 Å². The molecule has 0 aromatic heterocycles. The molecule has 2 rings (SSSR count). The number of anilines is 1. The summed E-state index contributed by atoms with van der Waals surface area (Å²) < 4.78 is 38.7. The van der Waals surface area contributed by atoms with Crippen LogP contribution in [0.1, 0.15) is 42.1 Å². The maximum Gasteiger partial charge on any atom is 0.335 e. The van der Waals surface area contributed by atoms with Crippen molar-refractivity contribution < 1.29 is 27.8 Å². The van der Waals surface area contributed by atoms with Gasteiger partial charge in [0.1, 0.15) is 4.90 Å². The highest BCUT2D eigenvalue weighted by atomic mass is 32.2. The lowest BCUT2D eigenvalue weighted by Crippen LogP contribution is -2.26. The second-order valence-corrected chi connectivity index (χ2v) is 8.72. The molecule has 2 aromatic rings. The molecule has 0 atom stereocenters. The Hall–Kier alpha value is -2.78. The van der Waals surface area contributed by atoms with Crippen molar-refractivity contribution >= 4 is 21.7 Å². The van der Waals surface area contributed by atoms with E-state index in [1.165, 1.54) is 18.2 Å². The number of hydrogen-bond donors (Lipinski definition) is 3. The normalized spacial score (nSPS) is 11.2. The summed E-state index contributed by atoms with van der Waals surface area (Å²) in [6.45, 7) is 2.78. The molecule has 0 heterocycles. The minimum Gasteiger partial charge on any atom is -0.493 e. The summed E-state index contributed by atoms with van der Waals surface area (Å²) in [7, 11) is -0.723. The van der Waals surface area contributed by atoms with Gasteiger partial charge in [0.05, 0.1) is 25.5 Å². The van der Waals surface area contributed by atoms with Crippen molar-refractivity contribution in [3.05, 3.63) is 47.5 Å².